The maximum atomic E-state index is 13.1. The predicted octanol–water partition coefficient (Wildman–Crippen LogP) is 3.74. The molecule has 0 unspecified atom stereocenters. The smallest absolute Gasteiger partial charge is 0.349 e. The number of fused-ring (bicyclic) bond motifs is 1. The van der Waals surface area contributed by atoms with Crippen LogP contribution in [0, 0.1) is 0 Å². The van der Waals surface area contributed by atoms with Gasteiger partial charge in [0.25, 0.3) is 5.91 Å². The Kier molecular flexibility index (Phi) is 5.29. The Balaban J connectivity index is 1.66. The van der Waals surface area contributed by atoms with Gasteiger partial charge in [-0.1, -0.05) is 54.6 Å². The molecule has 4 rings (SSSR count). The fourth-order valence-corrected chi connectivity index (χ4v) is 3.88. The molecule has 0 spiro atoms. The number of nitrogens with one attached hydrogen (secondary N) is 1. The molecule has 0 fully saturated rings. The minimum atomic E-state index is -0.752. The van der Waals surface area contributed by atoms with E-state index in [0.717, 1.165) is 11.1 Å². The fourth-order valence-electron chi connectivity index (χ4n) is 3.88. The van der Waals surface area contributed by atoms with Crippen LogP contribution >= 0.6 is 0 Å². The first kappa shape index (κ1) is 20.3. The zero-order valence-corrected chi connectivity index (χ0v) is 17.3. The average Bonchev–Trinajstić information content (AvgIpc) is 2.97. The number of carbonyl (C=O) groups excluding carboxylic acids is 2. The summed E-state index contributed by atoms with van der Waals surface area (Å²) in [6.45, 7) is 5.48. The van der Waals surface area contributed by atoms with Crippen molar-refractivity contribution in [3.63, 3.8) is 0 Å². The number of para-hydroxylation sites is 1. The van der Waals surface area contributed by atoms with Crippen LogP contribution < -0.4 is 10.9 Å². The summed E-state index contributed by atoms with van der Waals surface area (Å²) in [5.41, 5.74) is 1.99. The third-order valence-electron chi connectivity index (χ3n) is 5.58. The van der Waals surface area contributed by atoms with E-state index in [1.807, 2.05) is 47.4 Å². The molecule has 2 heterocycles. The second kappa shape index (κ2) is 8.07. The molecule has 6 heteroatoms. The van der Waals surface area contributed by atoms with Crippen molar-refractivity contribution in [2.75, 3.05) is 7.05 Å². The summed E-state index contributed by atoms with van der Waals surface area (Å²) in [6.07, 6.45) is 2.26. The maximum absolute atomic E-state index is 13.1. The zero-order valence-electron chi connectivity index (χ0n) is 17.3. The Bertz CT molecular complexity index is 1290. The SMILES string of the molecule is C=CCc1cccc2cc(C(=O)NC3=C(C)N(C)[C@H](c4ccccc4)C3=O)c(=O)oc12. The highest BCUT2D eigenvalue weighted by molar-refractivity contribution is 6.08. The van der Waals surface area contributed by atoms with Crippen LogP contribution in [-0.4, -0.2) is 23.6 Å². The van der Waals surface area contributed by atoms with Gasteiger partial charge in [0, 0.05) is 18.1 Å². The average molecular weight is 414 g/mol. The van der Waals surface area contributed by atoms with E-state index in [4.69, 9.17) is 4.42 Å². The van der Waals surface area contributed by atoms with Gasteiger partial charge in [-0.3, -0.25) is 9.59 Å². The van der Waals surface area contributed by atoms with Crippen molar-refractivity contribution in [2.45, 2.75) is 19.4 Å². The number of Topliss-reactive ketones (excluding diaryl/α,β-unsaturated/α-hetero) is 1. The lowest BCUT2D eigenvalue weighted by molar-refractivity contribution is -0.118. The summed E-state index contributed by atoms with van der Waals surface area (Å²) in [6, 6.07) is 15.8. The first-order chi connectivity index (χ1) is 14.9. The Hall–Kier alpha value is -3.93. The topological polar surface area (TPSA) is 79.6 Å². The highest BCUT2D eigenvalue weighted by Gasteiger charge is 2.37. The highest BCUT2D eigenvalue weighted by Crippen LogP contribution is 2.33. The second-order valence-corrected chi connectivity index (χ2v) is 7.48. The normalized spacial score (nSPS) is 16.1. The van der Waals surface area contributed by atoms with Gasteiger partial charge in [0.15, 0.2) is 0 Å². The summed E-state index contributed by atoms with van der Waals surface area (Å²) in [4.78, 5) is 40.4. The quantitative estimate of drug-likeness (QED) is 0.508. The van der Waals surface area contributed by atoms with Crippen molar-refractivity contribution in [3.8, 4) is 0 Å². The Labute approximate surface area is 179 Å². The Morgan fingerprint density at radius 2 is 1.90 bits per heavy atom. The fraction of sp³-hybridized carbons (Fsp3) is 0.160. The van der Waals surface area contributed by atoms with Gasteiger partial charge < -0.3 is 14.6 Å². The number of rotatable bonds is 5. The van der Waals surface area contributed by atoms with E-state index < -0.39 is 17.6 Å². The number of allylic oxidation sites excluding steroid dienone is 2. The molecule has 1 N–H and O–H groups in total. The van der Waals surface area contributed by atoms with E-state index in [1.165, 1.54) is 6.07 Å². The molecule has 1 aliphatic rings. The van der Waals surface area contributed by atoms with Crippen LogP contribution in [0.3, 0.4) is 0 Å². The zero-order chi connectivity index (χ0) is 22.1. The van der Waals surface area contributed by atoms with Crippen molar-refractivity contribution < 1.29 is 14.0 Å². The molecule has 3 aromatic rings. The largest absolute Gasteiger partial charge is 0.422 e. The van der Waals surface area contributed by atoms with Crippen molar-refractivity contribution in [1.29, 1.82) is 0 Å². The molecule has 2 aromatic carbocycles. The van der Waals surface area contributed by atoms with E-state index >= 15 is 0 Å². The van der Waals surface area contributed by atoms with Gasteiger partial charge in [0.1, 0.15) is 22.9 Å². The predicted molar refractivity (Wildman–Crippen MR) is 119 cm³/mol. The molecular formula is C25H22N2O4. The number of hydrogen-bond acceptors (Lipinski definition) is 5. The van der Waals surface area contributed by atoms with E-state index in [1.54, 1.807) is 26.1 Å². The summed E-state index contributed by atoms with van der Waals surface area (Å²) in [5.74, 6) is -0.896. The van der Waals surface area contributed by atoms with Gasteiger partial charge in [0.2, 0.25) is 5.78 Å². The van der Waals surface area contributed by atoms with Crippen LogP contribution in [0.15, 0.2) is 87.9 Å². The minimum absolute atomic E-state index is 0.151. The van der Waals surface area contributed by atoms with Crippen molar-refractivity contribution >= 4 is 22.7 Å². The number of hydrogen-bond donors (Lipinski definition) is 1. The number of ketones is 1. The van der Waals surface area contributed by atoms with Crippen molar-refractivity contribution in [3.05, 3.63) is 106 Å². The third-order valence-corrected chi connectivity index (χ3v) is 5.58. The van der Waals surface area contributed by atoms with Gasteiger partial charge in [-0.05, 0) is 30.5 Å². The molecule has 156 valence electrons. The van der Waals surface area contributed by atoms with Crippen LogP contribution in [-0.2, 0) is 11.2 Å². The summed E-state index contributed by atoms with van der Waals surface area (Å²) in [7, 11) is 1.80. The van der Waals surface area contributed by atoms with E-state index in [2.05, 4.69) is 11.9 Å². The summed E-state index contributed by atoms with van der Waals surface area (Å²) < 4.78 is 5.45. The lowest BCUT2D eigenvalue weighted by Crippen LogP contribution is -2.31. The van der Waals surface area contributed by atoms with Gasteiger partial charge in [-0.2, -0.15) is 0 Å². The first-order valence-corrected chi connectivity index (χ1v) is 9.93. The molecule has 1 amide bonds. The molecule has 0 bridgehead atoms. The second-order valence-electron chi connectivity index (χ2n) is 7.48. The monoisotopic (exact) mass is 414 g/mol. The standard InChI is InChI=1S/C25H22N2O4/c1-4-9-17-12-8-13-18-14-19(25(30)31-23(17)18)24(29)26-20-15(2)27(3)21(22(20)28)16-10-6-5-7-11-16/h4-8,10-14,21H,1,9H2,2-3H3,(H,26,29)/t21-/m1/s1. The molecule has 1 aromatic heterocycles. The molecule has 0 aliphatic carbocycles. The third kappa shape index (κ3) is 3.57. The summed E-state index contributed by atoms with van der Waals surface area (Å²) >= 11 is 0. The molecule has 0 saturated heterocycles. The van der Waals surface area contributed by atoms with E-state index in [0.29, 0.717) is 23.1 Å². The van der Waals surface area contributed by atoms with Gasteiger partial charge in [-0.25, -0.2) is 4.79 Å². The van der Waals surface area contributed by atoms with Crippen LogP contribution in [0.25, 0.3) is 11.0 Å². The molecule has 0 saturated carbocycles. The van der Waals surface area contributed by atoms with Crippen molar-refractivity contribution in [2.24, 2.45) is 0 Å². The Morgan fingerprint density at radius 3 is 2.61 bits per heavy atom. The van der Waals surface area contributed by atoms with Crippen molar-refractivity contribution in [1.82, 2.24) is 10.2 Å². The van der Waals surface area contributed by atoms with Gasteiger partial charge in [0.05, 0.1) is 0 Å². The van der Waals surface area contributed by atoms with E-state index in [-0.39, 0.29) is 17.0 Å². The van der Waals surface area contributed by atoms with Crippen LogP contribution in [0.2, 0.25) is 0 Å². The number of nitrogens with zero attached hydrogens (tertiary/aromatic N) is 1. The number of benzene rings is 2. The van der Waals surface area contributed by atoms with E-state index in [9.17, 15) is 14.4 Å². The molecule has 1 atom stereocenters. The molecule has 1 aliphatic heterocycles. The molecular weight excluding hydrogens is 392 g/mol. The van der Waals surface area contributed by atoms with Crippen LogP contribution in [0.1, 0.15) is 34.5 Å². The minimum Gasteiger partial charge on any atom is -0.422 e. The molecule has 31 heavy (non-hydrogen) atoms. The molecule has 6 nitrogen and oxygen atoms in total. The lowest BCUT2D eigenvalue weighted by Gasteiger charge is -2.22. The van der Waals surface area contributed by atoms with Gasteiger partial charge in [-0.15, -0.1) is 6.58 Å². The number of likely N-dealkylation sites (N-methyl/N-ethyl adjacent to an activating group) is 1. The van der Waals surface area contributed by atoms with Crippen LogP contribution in [0.5, 0.6) is 0 Å². The lowest BCUT2D eigenvalue weighted by atomic mass is 10.0. The number of carbonyl (C=O) groups is 2. The summed E-state index contributed by atoms with van der Waals surface area (Å²) in [5, 5.41) is 3.27. The number of amides is 1. The Morgan fingerprint density at radius 1 is 1.16 bits per heavy atom. The highest BCUT2D eigenvalue weighted by atomic mass is 16.4. The molecule has 0 radical (unpaired) electrons. The van der Waals surface area contributed by atoms with Crippen LogP contribution in [0.4, 0.5) is 0 Å². The maximum Gasteiger partial charge on any atom is 0.349 e. The van der Waals surface area contributed by atoms with Gasteiger partial charge >= 0.3 is 5.63 Å². The first-order valence-electron chi connectivity index (χ1n) is 9.93.